The van der Waals surface area contributed by atoms with Crippen LogP contribution in [0.25, 0.3) is 38.2 Å². The van der Waals surface area contributed by atoms with Crippen LogP contribution in [0.4, 0.5) is 0 Å². The summed E-state index contributed by atoms with van der Waals surface area (Å²) in [5, 5.41) is 3.86. The van der Waals surface area contributed by atoms with E-state index >= 15 is 0 Å². The van der Waals surface area contributed by atoms with E-state index in [9.17, 15) is 4.79 Å². The van der Waals surface area contributed by atoms with Gasteiger partial charge < -0.3 is 0 Å². The second kappa shape index (κ2) is 5.06. The van der Waals surface area contributed by atoms with Crippen LogP contribution >= 0.6 is 0 Å². The Bertz CT molecular complexity index is 1200. The van der Waals surface area contributed by atoms with Gasteiger partial charge in [0.25, 0.3) is 5.56 Å². The number of rotatable bonds is 0. The van der Waals surface area contributed by atoms with Crippen LogP contribution < -0.4 is 5.56 Å². The Kier molecular flexibility index (Phi) is 3.01. The highest BCUT2D eigenvalue weighted by Crippen LogP contribution is 2.29. The summed E-state index contributed by atoms with van der Waals surface area (Å²) in [6.45, 7) is 4.00. The Morgan fingerprint density at radius 3 is 2.30 bits per heavy atom. The van der Waals surface area contributed by atoms with Crippen molar-refractivity contribution >= 4 is 38.2 Å². The maximum Gasteiger partial charge on any atom is 0.264 e. The van der Waals surface area contributed by atoms with Crippen molar-refractivity contribution in [2.75, 3.05) is 0 Å². The van der Waals surface area contributed by atoms with E-state index in [4.69, 9.17) is 0 Å². The lowest BCUT2D eigenvalue weighted by atomic mass is 10.0. The maximum atomic E-state index is 12.9. The average molecular weight is 300 g/mol. The minimum atomic E-state index is 0.00278. The molecule has 0 atom stereocenters. The summed E-state index contributed by atoms with van der Waals surface area (Å²) >= 11 is 0. The van der Waals surface area contributed by atoms with E-state index in [1.54, 1.807) is 4.40 Å². The SMILES string of the molecule is CC.O=c1c2cccc3cccc(c32)c2nc3ccccc3n12. The Morgan fingerprint density at radius 2 is 1.52 bits per heavy atom. The highest BCUT2D eigenvalue weighted by Gasteiger charge is 2.14. The van der Waals surface area contributed by atoms with Gasteiger partial charge in [0.05, 0.1) is 11.0 Å². The molecule has 0 aliphatic rings. The van der Waals surface area contributed by atoms with Gasteiger partial charge in [-0.25, -0.2) is 4.98 Å². The first-order valence-electron chi connectivity index (χ1n) is 7.89. The second-order valence-electron chi connectivity index (χ2n) is 5.27. The van der Waals surface area contributed by atoms with Gasteiger partial charge in [0, 0.05) is 16.2 Å². The summed E-state index contributed by atoms with van der Waals surface area (Å²) in [5.74, 6) is 0. The number of nitrogens with zero attached hydrogens (tertiary/aromatic N) is 2. The average Bonchev–Trinajstić information content (AvgIpc) is 3.01. The Labute approximate surface area is 133 Å². The van der Waals surface area contributed by atoms with Gasteiger partial charge >= 0.3 is 0 Å². The van der Waals surface area contributed by atoms with Crippen LogP contribution in [0.5, 0.6) is 0 Å². The number of benzene rings is 3. The van der Waals surface area contributed by atoms with Crippen molar-refractivity contribution in [3.63, 3.8) is 0 Å². The van der Waals surface area contributed by atoms with Gasteiger partial charge in [-0.2, -0.15) is 0 Å². The zero-order valence-corrected chi connectivity index (χ0v) is 13.1. The molecule has 3 heteroatoms. The fraction of sp³-hybridized carbons (Fsp3) is 0.100. The zero-order chi connectivity index (χ0) is 16.0. The van der Waals surface area contributed by atoms with Crippen LogP contribution in [-0.2, 0) is 0 Å². The Hall–Kier alpha value is -2.94. The molecule has 3 aromatic carbocycles. The highest BCUT2D eigenvalue weighted by atomic mass is 16.1. The number of aromatic nitrogens is 2. The molecule has 0 aliphatic carbocycles. The molecule has 0 saturated heterocycles. The number of pyridine rings is 1. The molecule has 5 aromatic rings. The van der Waals surface area contributed by atoms with Crippen molar-refractivity contribution in [2.24, 2.45) is 0 Å². The lowest BCUT2D eigenvalue weighted by molar-refractivity contribution is 1.19. The lowest BCUT2D eigenvalue weighted by Gasteiger charge is -2.06. The van der Waals surface area contributed by atoms with E-state index in [1.165, 1.54) is 0 Å². The summed E-state index contributed by atoms with van der Waals surface area (Å²) < 4.78 is 1.73. The minimum Gasteiger partial charge on any atom is -0.268 e. The second-order valence-corrected chi connectivity index (χ2v) is 5.27. The van der Waals surface area contributed by atoms with E-state index < -0.39 is 0 Å². The van der Waals surface area contributed by atoms with E-state index in [1.807, 2.05) is 74.5 Å². The van der Waals surface area contributed by atoms with Crippen molar-refractivity contribution in [1.29, 1.82) is 0 Å². The summed E-state index contributed by atoms with van der Waals surface area (Å²) in [4.78, 5) is 17.6. The molecule has 0 aliphatic heterocycles. The van der Waals surface area contributed by atoms with Crippen LogP contribution in [0.15, 0.2) is 65.5 Å². The Balaban J connectivity index is 0.000000652. The molecule has 0 saturated carbocycles. The maximum absolute atomic E-state index is 12.9. The molecule has 5 rings (SSSR count). The van der Waals surface area contributed by atoms with Crippen LogP contribution in [0.2, 0.25) is 0 Å². The monoisotopic (exact) mass is 300 g/mol. The van der Waals surface area contributed by atoms with Crippen molar-refractivity contribution in [3.05, 3.63) is 71.0 Å². The summed E-state index contributed by atoms with van der Waals surface area (Å²) in [5.41, 5.74) is 2.46. The van der Waals surface area contributed by atoms with Crippen molar-refractivity contribution < 1.29 is 0 Å². The molecule has 0 fully saturated rings. The quantitative estimate of drug-likeness (QED) is 0.418. The van der Waals surface area contributed by atoms with Gasteiger partial charge in [-0.3, -0.25) is 9.20 Å². The van der Waals surface area contributed by atoms with Crippen molar-refractivity contribution in [2.45, 2.75) is 13.8 Å². The predicted octanol–water partition coefficient (Wildman–Crippen LogP) is 4.62. The minimum absolute atomic E-state index is 0.00278. The molecular weight excluding hydrogens is 284 g/mol. The van der Waals surface area contributed by atoms with E-state index in [0.29, 0.717) is 0 Å². The number of fused-ring (bicyclic) bond motifs is 4. The molecule has 2 aromatic heterocycles. The fourth-order valence-electron chi connectivity index (χ4n) is 3.24. The zero-order valence-electron chi connectivity index (χ0n) is 13.1. The Morgan fingerprint density at radius 1 is 0.826 bits per heavy atom. The van der Waals surface area contributed by atoms with E-state index in [0.717, 1.165) is 38.2 Å². The molecule has 3 nitrogen and oxygen atoms in total. The highest BCUT2D eigenvalue weighted by molar-refractivity contribution is 6.15. The topological polar surface area (TPSA) is 34.4 Å². The number of hydrogen-bond donors (Lipinski definition) is 0. The van der Waals surface area contributed by atoms with Gasteiger partial charge in [-0.15, -0.1) is 0 Å². The number of para-hydroxylation sites is 2. The van der Waals surface area contributed by atoms with Gasteiger partial charge in [-0.05, 0) is 23.6 Å². The molecular formula is C20H16N2O. The van der Waals surface area contributed by atoms with Crippen LogP contribution in [0.3, 0.4) is 0 Å². The summed E-state index contributed by atoms with van der Waals surface area (Å²) in [6.07, 6.45) is 0. The van der Waals surface area contributed by atoms with Gasteiger partial charge in [0.2, 0.25) is 0 Å². The first-order valence-corrected chi connectivity index (χ1v) is 7.89. The standard InChI is InChI=1S/C18H10N2O.C2H6/c21-18-13-8-4-6-11-5-3-7-12(16(11)13)17-19-14-9-1-2-10-15(14)20(17)18;1-2/h1-10H;1-2H3. The lowest BCUT2D eigenvalue weighted by Crippen LogP contribution is -2.13. The summed E-state index contributed by atoms with van der Waals surface area (Å²) in [7, 11) is 0. The molecule has 0 bridgehead atoms. The van der Waals surface area contributed by atoms with E-state index in [-0.39, 0.29) is 5.56 Å². The molecule has 2 heterocycles. The predicted molar refractivity (Wildman–Crippen MR) is 96.5 cm³/mol. The smallest absolute Gasteiger partial charge is 0.264 e. The first kappa shape index (κ1) is 13.7. The number of hydrogen-bond acceptors (Lipinski definition) is 2. The molecule has 0 spiro atoms. The molecule has 112 valence electrons. The third-order valence-corrected chi connectivity index (χ3v) is 4.14. The number of imidazole rings is 1. The van der Waals surface area contributed by atoms with Crippen LogP contribution in [0.1, 0.15) is 13.8 Å². The van der Waals surface area contributed by atoms with Gasteiger partial charge in [-0.1, -0.05) is 56.3 Å². The molecule has 23 heavy (non-hydrogen) atoms. The summed E-state index contributed by atoms with van der Waals surface area (Å²) in [6, 6.07) is 19.7. The molecule has 0 radical (unpaired) electrons. The fourth-order valence-corrected chi connectivity index (χ4v) is 3.24. The normalized spacial score (nSPS) is 11.2. The third kappa shape index (κ3) is 1.77. The molecule has 0 N–H and O–H groups in total. The van der Waals surface area contributed by atoms with Gasteiger partial charge in [0.15, 0.2) is 0 Å². The third-order valence-electron chi connectivity index (χ3n) is 4.14. The van der Waals surface area contributed by atoms with Crippen molar-refractivity contribution in [3.8, 4) is 0 Å². The first-order chi connectivity index (χ1) is 11.3. The van der Waals surface area contributed by atoms with Crippen LogP contribution in [0, 0.1) is 0 Å². The molecule has 0 unspecified atom stereocenters. The van der Waals surface area contributed by atoms with Gasteiger partial charge in [0.1, 0.15) is 5.65 Å². The van der Waals surface area contributed by atoms with E-state index in [2.05, 4.69) is 4.98 Å². The van der Waals surface area contributed by atoms with Crippen molar-refractivity contribution in [1.82, 2.24) is 9.38 Å². The van der Waals surface area contributed by atoms with Crippen LogP contribution in [-0.4, -0.2) is 9.38 Å². The largest absolute Gasteiger partial charge is 0.268 e. The molecule has 0 amide bonds.